The minimum Gasteiger partial charge on any atom is -0.385 e. The van der Waals surface area contributed by atoms with Gasteiger partial charge in [-0.25, -0.2) is 0 Å². The standard InChI is InChI=1S/C15H18ClN3O2/c1-11-17-14(21-18-11)10-19-8-6-15(20,7-9-19)12-2-4-13(16)5-3-12/h2-5,20H,6-10H2,1H3. The molecule has 0 atom stereocenters. The van der Waals surface area contributed by atoms with Gasteiger partial charge in [-0.15, -0.1) is 0 Å². The molecular formula is C15H18ClN3O2. The second-order valence-corrected chi connectivity index (χ2v) is 5.99. The van der Waals surface area contributed by atoms with Crippen molar-refractivity contribution in [2.45, 2.75) is 31.9 Å². The van der Waals surface area contributed by atoms with Crippen LogP contribution in [0, 0.1) is 6.92 Å². The molecule has 0 saturated carbocycles. The van der Waals surface area contributed by atoms with Crippen molar-refractivity contribution in [3.8, 4) is 0 Å². The van der Waals surface area contributed by atoms with E-state index in [9.17, 15) is 5.11 Å². The van der Waals surface area contributed by atoms with Gasteiger partial charge in [0, 0.05) is 18.1 Å². The molecule has 0 radical (unpaired) electrons. The van der Waals surface area contributed by atoms with Gasteiger partial charge in [-0.05, 0) is 37.5 Å². The molecule has 21 heavy (non-hydrogen) atoms. The van der Waals surface area contributed by atoms with E-state index in [0.29, 0.717) is 36.1 Å². The van der Waals surface area contributed by atoms with Crippen molar-refractivity contribution in [3.63, 3.8) is 0 Å². The number of rotatable bonds is 3. The monoisotopic (exact) mass is 307 g/mol. The molecule has 1 saturated heterocycles. The largest absolute Gasteiger partial charge is 0.385 e. The van der Waals surface area contributed by atoms with E-state index in [2.05, 4.69) is 15.0 Å². The molecule has 2 aromatic rings. The zero-order chi connectivity index (χ0) is 14.9. The van der Waals surface area contributed by atoms with Crippen LogP contribution in [0.2, 0.25) is 5.02 Å². The Kier molecular flexibility index (Phi) is 3.97. The lowest BCUT2D eigenvalue weighted by atomic mass is 9.84. The van der Waals surface area contributed by atoms with E-state index in [1.165, 1.54) is 0 Å². The van der Waals surface area contributed by atoms with Crippen LogP contribution in [-0.2, 0) is 12.1 Å². The highest BCUT2D eigenvalue weighted by atomic mass is 35.5. The van der Waals surface area contributed by atoms with Crippen LogP contribution < -0.4 is 0 Å². The van der Waals surface area contributed by atoms with Crippen LogP contribution in [0.25, 0.3) is 0 Å². The quantitative estimate of drug-likeness (QED) is 0.944. The van der Waals surface area contributed by atoms with Crippen molar-refractivity contribution >= 4 is 11.6 Å². The summed E-state index contributed by atoms with van der Waals surface area (Å²) in [6.07, 6.45) is 1.36. The highest BCUT2D eigenvalue weighted by Crippen LogP contribution is 2.33. The number of hydrogen-bond acceptors (Lipinski definition) is 5. The number of halogens is 1. The third kappa shape index (κ3) is 3.26. The average molecular weight is 308 g/mol. The normalized spacial score (nSPS) is 18.8. The molecule has 1 aromatic heterocycles. The second-order valence-electron chi connectivity index (χ2n) is 5.55. The molecule has 0 amide bonds. The topological polar surface area (TPSA) is 62.4 Å². The van der Waals surface area contributed by atoms with Crippen molar-refractivity contribution in [3.05, 3.63) is 46.6 Å². The number of aryl methyl sites for hydroxylation is 1. The molecule has 0 bridgehead atoms. The van der Waals surface area contributed by atoms with Gasteiger partial charge in [0.2, 0.25) is 5.89 Å². The number of piperidine rings is 1. The van der Waals surface area contributed by atoms with Gasteiger partial charge in [0.25, 0.3) is 0 Å². The van der Waals surface area contributed by atoms with Crippen molar-refractivity contribution in [2.24, 2.45) is 0 Å². The van der Waals surface area contributed by atoms with Gasteiger partial charge < -0.3 is 9.63 Å². The predicted octanol–water partition coefficient (Wildman–Crippen LogP) is 2.52. The fourth-order valence-electron chi connectivity index (χ4n) is 2.73. The molecule has 6 heteroatoms. The minimum absolute atomic E-state index is 0.629. The maximum absolute atomic E-state index is 10.8. The van der Waals surface area contributed by atoms with Crippen LogP contribution >= 0.6 is 11.6 Å². The van der Waals surface area contributed by atoms with Crippen molar-refractivity contribution in [2.75, 3.05) is 13.1 Å². The zero-order valence-corrected chi connectivity index (χ0v) is 12.7. The molecule has 3 rings (SSSR count). The van der Waals surface area contributed by atoms with E-state index in [4.69, 9.17) is 16.1 Å². The Morgan fingerprint density at radius 2 is 1.95 bits per heavy atom. The van der Waals surface area contributed by atoms with Crippen LogP contribution in [0.1, 0.15) is 30.1 Å². The zero-order valence-electron chi connectivity index (χ0n) is 11.9. The highest BCUT2D eigenvalue weighted by Gasteiger charge is 2.34. The summed E-state index contributed by atoms with van der Waals surface area (Å²) in [5.74, 6) is 1.28. The SMILES string of the molecule is Cc1noc(CN2CCC(O)(c3ccc(Cl)cc3)CC2)n1. The molecule has 1 aliphatic rings. The second kappa shape index (κ2) is 5.75. The Bertz CT molecular complexity index is 604. The summed E-state index contributed by atoms with van der Waals surface area (Å²) in [6.45, 7) is 4.03. The van der Waals surface area contributed by atoms with Crippen molar-refractivity contribution < 1.29 is 9.63 Å². The summed E-state index contributed by atoms with van der Waals surface area (Å²) in [4.78, 5) is 6.43. The molecule has 2 heterocycles. The predicted molar refractivity (Wildman–Crippen MR) is 78.9 cm³/mol. The van der Waals surface area contributed by atoms with Crippen LogP contribution in [0.15, 0.2) is 28.8 Å². The number of aliphatic hydroxyl groups is 1. The molecule has 0 spiro atoms. The molecule has 0 aliphatic carbocycles. The lowest BCUT2D eigenvalue weighted by molar-refractivity contribution is -0.0295. The van der Waals surface area contributed by atoms with E-state index >= 15 is 0 Å². The van der Waals surface area contributed by atoms with E-state index in [-0.39, 0.29) is 0 Å². The van der Waals surface area contributed by atoms with Crippen LogP contribution in [0.3, 0.4) is 0 Å². The number of benzene rings is 1. The van der Waals surface area contributed by atoms with Gasteiger partial charge in [-0.3, -0.25) is 4.90 Å². The minimum atomic E-state index is -0.772. The maximum atomic E-state index is 10.8. The first-order valence-corrected chi connectivity index (χ1v) is 7.43. The summed E-state index contributed by atoms with van der Waals surface area (Å²) in [6, 6.07) is 7.45. The van der Waals surface area contributed by atoms with Crippen LogP contribution in [-0.4, -0.2) is 33.2 Å². The number of hydrogen-bond donors (Lipinski definition) is 1. The lowest BCUT2D eigenvalue weighted by Gasteiger charge is -2.38. The summed E-state index contributed by atoms with van der Waals surface area (Å²) >= 11 is 5.90. The Balaban J connectivity index is 1.62. The van der Waals surface area contributed by atoms with Crippen LogP contribution in [0.4, 0.5) is 0 Å². The van der Waals surface area contributed by atoms with Gasteiger partial charge in [0.05, 0.1) is 12.1 Å². The molecule has 1 fully saturated rings. The first-order valence-electron chi connectivity index (χ1n) is 7.05. The summed E-state index contributed by atoms with van der Waals surface area (Å²) in [7, 11) is 0. The fourth-order valence-corrected chi connectivity index (χ4v) is 2.85. The first kappa shape index (κ1) is 14.5. The van der Waals surface area contributed by atoms with Crippen LogP contribution in [0.5, 0.6) is 0 Å². The Morgan fingerprint density at radius 3 is 2.52 bits per heavy atom. The molecule has 5 nitrogen and oxygen atoms in total. The van der Waals surface area contributed by atoms with Gasteiger partial charge in [-0.1, -0.05) is 28.9 Å². The molecule has 1 aliphatic heterocycles. The third-order valence-corrected chi connectivity index (χ3v) is 4.25. The Morgan fingerprint density at radius 1 is 1.29 bits per heavy atom. The van der Waals surface area contributed by atoms with Crippen molar-refractivity contribution in [1.82, 2.24) is 15.0 Å². The molecule has 0 unspecified atom stereocenters. The van der Waals surface area contributed by atoms with E-state index in [1.807, 2.05) is 31.2 Å². The first-order chi connectivity index (χ1) is 10.0. The van der Waals surface area contributed by atoms with E-state index in [0.717, 1.165) is 18.7 Å². The van der Waals surface area contributed by atoms with E-state index in [1.54, 1.807) is 0 Å². The van der Waals surface area contributed by atoms with Gasteiger partial charge in [0.15, 0.2) is 5.82 Å². The highest BCUT2D eigenvalue weighted by molar-refractivity contribution is 6.30. The fraction of sp³-hybridized carbons (Fsp3) is 0.467. The van der Waals surface area contributed by atoms with Gasteiger partial charge >= 0.3 is 0 Å². The molecule has 1 N–H and O–H groups in total. The molecular weight excluding hydrogens is 290 g/mol. The third-order valence-electron chi connectivity index (χ3n) is 3.99. The lowest BCUT2D eigenvalue weighted by Crippen LogP contribution is -2.42. The van der Waals surface area contributed by atoms with Gasteiger partial charge in [0.1, 0.15) is 0 Å². The smallest absolute Gasteiger partial charge is 0.240 e. The van der Waals surface area contributed by atoms with Crippen molar-refractivity contribution in [1.29, 1.82) is 0 Å². The maximum Gasteiger partial charge on any atom is 0.240 e. The van der Waals surface area contributed by atoms with E-state index < -0.39 is 5.60 Å². The molecule has 112 valence electrons. The number of aromatic nitrogens is 2. The summed E-state index contributed by atoms with van der Waals surface area (Å²) < 4.78 is 5.14. The Labute approximate surface area is 128 Å². The number of nitrogens with zero attached hydrogens (tertiary/aromatic N) is 3. The molecule has 1 aromatic carbocycles. The van der Waals surface area contributed by atoms with Gasteiger partial charge in [-0.2, -0.15) is 4.98 Å². The summed E-state index contributed by atoms with van der Waals surface area (Å²) in [5, 5.41) is 15.3. The number of likely N-dealkylation sites (tertiary alicyclic amines) is 1. The average Bonchev–Trinajstić information content (AvgIpc) is 2.88. The summed E-state index contributed by atoms with van der Waals surface area (Å²) in [5.41, 5.74) is 0.159. The Hall–Kier alpha value is -1.43.